The van der Waals surface area contributed by atoms with Crippen molar-refractivity contribution >= 4 is 17.7 Å². The molecular weight excluding hydrogens is 294 g/mol. The number of aromatic nitrogens is 1. The summed E-state index contributed by atoms with van der Waals surface area (Å²) < 4.78 is 0.145. The maximum Gasteiger partial charge on any atom is 0.232 e. The molecule has 1 saturated heterocycles. The van der Waals surface area contributed by atoms with Crippen LogP contribution in [-0.2, 0) is 4.79 Å². The van der Waals surface area contributed by atoms with Crippen molar-refractivity contribution < 1.29 is 4.79 Å². The van der Waals surface area contributed by atoms with Crippen LogP contribution in [0.2, 0.25) is 0 Å². The standard InChI is InChI=1S/C17H27N3OS/c1-14(15-6-5-7-18-12-15)19-8-10-20(11-9-19)16(21)13-22-17(2,3)4/h5-7,12,14H,8-11,13H2,1-4H3/t14-/m1/s1. The Balaban J connectivity index is 1.81. The fraction of sp³-hybridized carbons (Fsp3) is 0.647. The topological polar surface area (TPSA) is 36.4 Å². The number of nitrogens with zero attached hydrogens (tertiary/aromatic N) is 3. The number of thioether (sulfide) groups is 1. The molecule has 1 aromatic heterocycles. The Labute approximate surface area is 138 Å². The second kappa shape index (κ2) is 7.47. The van der Waals surface area contributed by atoms with Crippen molar-refractivity contribution in [3.8, 4) is 0 Å². The number of rotatable bonds is 4. The molecule has 1 atom stereocenters. The van der Waals surface area contributed by atoms with Crippen LogP contribution in [0.15, 0.2) is 24.5 Å². The molecule has 0 aromatic carbocycles. The molecule has 0 radical (unpaired) electrons. The molecule has 122 valence electrons. The first-order valence-electron chi connectivity index (χ1n) is 7.92. The molecule has 1 fully saturated rings. The lowest BCUT2D eigenvalue weighted by Crippen LogP contribution is -2.49. The lowest BCUT2D eigenvalue weighted by molar-refractivity contribution is -0.130. The zero-order chi connectivity index (χ0) is 16.2. The fourth-order valence-corrected chi connectivity index (χ4v) is 3.30. The van der Waals surface area contributed by atoms with Crippen LogP contribution in [0, 0.1) is 0 Å². The van der Waals surface area contributed by atoms with E-state index in [0.29, 0.717) is 11.8 Å². The van der Waals surface area contributed by atoms with E-state index < -0.39 is 0 Å². The van der Waals surface area contributed by atoms with E-state index in [0.717, 1.165) is 26.2 Å². The minimum Gasteiger partial charge on any atom is -0.339 e. The van der Waals surface area contributed by atoms with Gasteiger partial charge in [0.1, 0.15) is 0 Å². The van der Waals surface area contributed by atoms with Crippen LogP contribution >= 0.6 is 11.8 Å². The summed E-state index contributed by atoms with van der Waals surface area (Å²) in [4.78, 5) is 20.9. The predicted molar refractivity (Wildman–Crippen MR) is 93.0 cm³/mol. The molecule has 0 aliphatic carbocycles. The highest BCUT2D eigenvalue weighted by molar-refractivity contribution is 8.01. The van der Waals surface area contributed by atoms with Crippen molar-refractivity contribution in [2.24, 2.45) is 0 Å². The minimum atomic E-state index is 0.145. The molecule has 0 bridgehead atoms. The molecule has 1 amide bonds. The van der Waals surface area contributed by atoms with Crippen molar-refractivity contribution in [1.82, 2.24) is 14.8 Å². The summed E-state index contributed by atoms with van der Waals surface area (Å²) in [6.07, 6.45) is 3.74. The highest BCUT2D eigenvalue weighted by Crippen LogP contribution is 2.24. The lowest BCUT2D eigenvalue weighted by Gasteiger charge is -2.38. The van der Waals surface area contributed by atoms with E-state index in [4.69, 9.17) is 0 Å². The number of carbonyl (C=O) groups is 1. The summed E-state index contributed by atoms with van der Waals surface area (Å²) in [5.74, 6) is 0.857. The molecule has 2 heterocycles. The molecule has 2 rings (SSSR count). The summed E-state index contributed by atoms with van der Waals surface area (Å²) in [5.41, 5.74) is 1.24. The van der Waals surface area contributed by atoms with Gasteiger partial charge in [0.05, 0.1) is 5.75 Å². The van der Waals surface area contributed by atoms with Crippen molar-refractivity contribution in [1.29, 1.82) is 0 Å². The van der Waals surface area contributed by atoms with E-state index in [1.54, 1.807) is 18.0 Å². The third-order valence-corrected chi connectivity index (χ3v) is 5.27. The molecular formula is C17H27N3OS. The van der Waals surface area contributed by atoms with Gasteiger partial charge in [-0.15, -0.1) is 11.8 Å². The van der Waals surface area contributed by atoms with E-state index in [2.05, 4.69) is 43.6 Å². The average Bonchev–Trinajstić information content (AvgIpc) is 2.52. The van der Waals surface area contributed by atoms with Crippen molar-refractivity contribution in [3.05, 3.63) is 30.1 Å². The van der Waals surface area contributed by atoms with Crippen LogP contribution in [0.5, 0.6) is 0 Å². The predicted octanol–water partition coefficient (Wildman–Crippen LogP) is 2.82. The Morgan fingerprint density at radius 3 is 2.55 bits per heavy atom. The molecule has 0 N–H and O–H groups in total. The smallest absolute Gasteiger partial charge is 0.232 e. The summed E-state index contributed by atoms with van der Waals surface area (Å²) in [6, 6.07) is 4.46. The van der Waals surface area contributed by atoms with Gasteiger partial charge >= 0.3 is 0 Å². The number of carbonyl (C=O) groups excluding carboxylic acids is 1. The molecule has 22 heavy (non-hydrogen) atoms. The van der Waals surface area contributed by atoms with Crippen LogP contribution in [0.25, 0.3) is 0 Å². The summed E-state index contributed by atoms with van der Waals surface area (Å²) in [7, 11) is 0. The average molecular weight is 321 g/mol. The maximum atomic E-state index is 12.3. The summed E-state index contributed by atoms with van der Waals surface area (Å²) in [6.45, 7) is 12.2. The van der Waals surface area contributed by atoms with E-state index >= 15 is 0 Å². The highest BCUT2D eigenvalue weighted by Gasteiger charge is 2.25. The molecule has 5 heteroatoms. The van der Waals surface area contributed by atoms with Gasteiger partial charge in [-0.2, -0.15) is 0 Å². The highest BCUT2D eigenvalue weighted by atomic mass is 32.2. The molecule has 4 nitrogen and oxygen atoms in total. The third kappa shape index (κ3) is 4.99. The van der Waals surface area contributed by atoms with Crippen LogP contribution in [0.1, 0.15) is 39.3 Å². The van der Waals surface area contributed by atoms with E-state index in [1.807, 2.05) is 17.2 Å². The summed E-state index contributed by atoms with van der Waals surface area (Å²) >= 11 is 1.73. The van der Waals surface area contributed by atoms with E-state index in [9.17, 15) is 4.79 Å². The Kier molecular flexibility index (Phi) is 5.87. The van der Waals surface area contributed by atoms with Crippen LogP contribution in [0.3, 0.4) is 0 Å². The molecule has 0 saturated carbocycles. The van der Waals surface area contributed by atoms with Crippen molar-refractivity contribution in [3.63, 3.8) is 0 Å². The number of hydrogen-bond donors (Lipinski definition) is 0. The van der Waals surface area contributed by atoms with Crippen LogP contribution in [0.4, 0.5) is 0 Å². The second-order valence-corrected chi connectivity index (χ2v) is 8.58. The van der Waals surface area contributed by atoms with Gasteiger partial charge < -0.3 is 4.90 Å². The van der Waals surface area contributed by atoms with Crippen LogP contribution in [-0.4, -0.2) is 57.4 Å². The normalized spacial score (nSPS) is 18.3. The second-order valence-electron chi connectivity index (χ2n) is 6.78. The molecule has 0 spiro atoms. The Morgan fingerprint density at radius 2 is 2.00 bits per heavy atom. The number of pyridine rings is 1. The third-order valence-electron chi connectivity index (χ3n) is 4.01. The van der Waals surface area contributed by atoms with Gasteiger partial charge in [-0.05, 0) is 18.6 Å². The van der Waals surface area contributed by atoms with Gasteiger partial charge in [-0.3, -0.25) is 14.7 Å². The monoisotopic (exact) mass is 321 g/mol. The minimum absolute atomic E-state index is 0.145. The summed E-state index contributed by atoms with van der Waals surface area (Å²) in [5, 5.41) is 0. The Bertz CT molecular complexity index is 478. The zero-order valence-corrected chi connectivity index (χ0v) is 14.9. The van der Waals surface area contributed by atoms with Gasteiger partial charge in [0.25, 0.3) is 0 Å². The first-order valence-corrected chi connectivity index (χ1v) is 8.91. The van der Waals surface area contributed by atoms with Crippen LogP contribution < -0.4 is 0 Å². The van der Waals surface area contributed by atoms with Gasteiger partial charge in [0.15, 0.2) is 0 Å². The molecule has 1 aromatic rings. The van der Waals surface area contributed by atoms with E-state index in [-0.39, 0.29) is 10.7 Å². The number of piperazine rings is 1. The first kappa shape index (κ1) is 17.3. The van der Waals surface area contributed by atoms with E-state index in [1.165, 1.54) is 5.56 Å². The Hall–Kier alpha value is -1.07. The molecule has 1 aliphatic rings. The number of hydrogen-bond acceptors (Lipinski definition) is 4. The molecule has 1 aliphatic heterocycles. The zero-order valence-electron chi connectivity index (χ0n) is 14.1. The maximum absolute atomic E-state index is 12.3. The van der Waals surface area contributed by atoms with Gasteiger partial charge in [-0.25, -0.2) is 0 Å². The lowest BCUT2D eigenvalue weighted by atomic mass is 10.1. The SMILES string of the molecule is C[C@H](c1cccnc1)N1CCN(C(=O)CSC(C)(C)C)CC1. The van der Waals surface area contributed by atoms with Crippen molar-refractivity contribution in [2.75, 3.05) is 31.9 Å². The van der Waals surface area contributed by atoms with Gasteiger partial charge in [0.2, 0.25) is 5.91 Å². The van der Waals surface area contributed by atoms with Gasteiger partial charge in [0, 0.05) is 49.4 Å². The first-order chi connectivity index (χ1) is 10.4. The number of amides is 1. The quantitative estimate of drug-likeness (QED) is 0.854. The van der Waals surface area contributed by atoms with Crippen molar-refractivity contribution in [2.45, 2.75) is 38.5 Å². The fourth-order valence-electron chi connectivity index (χ4n) is 2.56. The molecule has 0 unspecified atom stereocenters. The van der Waals surface area contributed by atoms with Gasteiger partial charge in [-0.1, -0.05) is 26.8 Å². The Morgan fingerprint density at radius 1 is 1.32 bits per heavy atom. The largest absolute Gasteiger partial charge is 0.339 e.